The first-order chi connectivity index (χ1) is 11.0. The van der Waals surface area contributed by atoms with Gasteiger partial charge in [-0.2, -0.15) is 9.78 Å². The van der Waals surface area contributed by atoms with Gasteiger partial charge < -0.3 is 5.32 Å². The van der Waals surface area contributed by atoms with Crippen LogP contribution < -0.4 is 5.32 Å². The highest BCUT2D eigenvalue weighted by molar-refractivity contribution is 5.51. The highest BCUT2D eigenvalue weighted by Gasteiger charge is 2.11. The molecular formula is C16H21N7. The summed E-state index contributed by atoms with van der Waals surface area (Å²) < 4.78 is 3.59. The smallest absolute Gasteiger partial charge is 0.153 e. The standard InChI is InChI=1S/C16H21N7/c1-11(2)16-13(10-22(4)19-16)9-17-14-6-5-7-15(8-14)23-12(3)18-20-21-23/h5-8,10-11,17H,9H2,1-4H3. The van der Waals surface area contributed by atoms with Crippen molar-refractivity contribution >= 4 is 5.69 Å². The lowest BCUT2D eigenvalue weighted by Gasteiger charge is -2.10. The van der Waals surface area contributed by atoms with Crippen LogP contribution in [-0.4, -0.2) is 30.0 Å². The number of aromatic nitrogens is 6. The number of aryl methyl sites for hydroxylation is 2. The molecule has 1 aromatic carbocycles. The molecule has 1 N–H and O–H groups in total. The summed E-state index contributed by atoms with van der Waals surface area (Å²) >= 11 is 0. The molecule has 2 heterocycles. The summed E-state index contributed by atoms with van der Waals surface area (Å²) in [5.74, 6) is 1.17. The summed E-state index contributed by atoms with van der Waals surface area (Å²) in [6.45, 7) is 6.93. The van der Waals surface area contributed by atoms with Gasteiger partial charge in [-0.25, -0.2) is 0 Å². The highest BCUT2D eigenvalue weighted by Crippen LogP contribution is 2.20. The van der Waals surface area contributed by atoms with Crippen LogP contribution in [0.4, 0.5) is 5.69 Å². The molecule has 3 aromatic rings. The van der Waals surface area contributed by atoms with Gasteiger partial charge in [-0.15, -0.1) is 5.10 Å². The molecule has 0 aliphatic rings. The molecule has 0 amide bonds. The van der Waals surface area contributed by atoms with Crippen LogP contribution >= 0.6 is 0 Å². The van der Waals surface area contributed by atoms with E-state index in [1.54, 1.807) is 4.68 Å². The van der Waals surface area contributed by atoms with Gasteiger partial charge >= 0.3 is 0 Å². The summed E-state index contributed by atoms with van der Waals surface area (Å²) in [6.07, 6.45) is 2.07. The molecule has 23 heavy (non-hydrogen) atoms. The third-order valence-corrected chi connectivity index (χ3v) is 3.68. The van der Waals surface area contributed by atoms with Crippen LogP contribution in [-0.2, 0) is 13.6 Å². The Morgan fingerprint density at radius 3 is 2.78 bits per heavy atom. The largest absolute Gasteiger partial charge is 0.381 e. The van der Waals surface area contributed by atoms with E-state index in [9.17, 15) is 0 Å². The third-order valence-electron chi connectivity index (χ3n) is 3.68. The average molecular weight is 311 g/mol. The fourth-order valence-electron chi connectivity index (χ4n) is 2.59. The van der Waals surface area contributed by atoms with Crippen LogP contribution in [0, 0.1) is 6.92 Å². The van der Waals surface area contributed by atoms with E-state index in [1.807, 2.05) is 42.9 Å². The molecule has 2 aromatic heterocycles. The maximum absolute atomic E-state index is 4.54. The zero-order chi connectivity index (χ0) is 16.4. The SMILES string of the molecule is Cc1nnnn1-c1cccc(NCc2cn(C)nc2C(C)C)c1. The number of hydrogen-bond acceptors (Lipinski definition) is 5. The molecule has 0 spiro atoms. The topological polar surface area (TPSA) is 73.5 Å². The fourth-order valence-corrected chi connectivity index (χ4v) is 2.59. The Morgan fingerprint density at radius 1 is 1.26 bits per heavy atom. The van der Waals surface area contributed by atoms with E-state index >= 15 is 0 Å². The number of rotatable bonds is 5. The molecule has 120 valence electrons. The molecule has 0 saturated carbocycles. The van der Waals surface area contributed by atoms with Crippen molar-refractivity contribution < 1.29 is 0 Å². The maximum Gasteiger partial charge on any atom is 0.153 e. The number of anilines is 1. The minimum absolute atomic E-state index is 0.406. The van der Waals surface area contributed by atoms with Crippen LogP contribution in [0.3, 0.4) is 0 Å². The lowest BCUT2D eigenvalue weighted by molar-refractivity contribution is 0.712. The second kappa shape index (κ2) is 6.20. The van der Waals surface area contributed by atoms with E-state index in [4.69, 9.17) is 0 Å². The molecule has 0 unspecified atom stereocenters. The Balaban J connectivity index is 1.78. The molecule has 0 saturated heterocycles. The maximum atomic E-state index is 4.54. The second-order valence-electron chi connectivity index (χ2n) is 5.91. The average Bonchev–Trinajstić information content (AvgIpc) is 3.11. The van der Waals surface area contributed by atoms with Gasteiger partial charge in [-0.1, -0.05) is 19.9 Å². The van der Waals surface area contributed by atoms with Crippen molar-refractivity contribution in [1.29, 1.82) is 0 Å². The summed E-state index contributed by atoms with van der Waals surface area (Å²) in [6, 6.07) is 8.05. The first-order valence-corrected chi connectivity index (χ1v) is 7.66. The van der Waals surface area contributed by atoms with Gasteiger partial charge in [0, 0.05) is 31.0 Å². The fraction of sp³-hybridized carbons (Fsp3) is 0.375. The molecule has 0 aliphatic carbocycles. The van der Waals surface area contributed by atoms with Crippen LogP contribution in [0.2, 0.25) is 0 Å². The molecule has 0 radical (unpaired) electrons. The van der Waals surface area contributed by atoms with Crippen molar-refractivity contribution in [3.05, 3.63) is 47.5 Å². The highest BCUT2D eigenvalue weighted by atomic mass is 15.5. The number of benzene rings is 1. The molecule has 0 atom stereocenters. The van der Waals surface area contributed by atoms with Gasteiger partial charge in [0.25, 0.3) is 0 Å². The number of tetrazole rings is 1. The van der Waals surface area contributed by atoms with Crippen molar-refractivity contribution in [2.75, 3.05) is 5.32 Å². The van der Waals surface area contributed by atoms with Crippen molar-refractivity contribution in [3.8, 4) is 5.69 Å². The molecular weight excluding hydrogens is 290 g/mol. The van der Waals surface area contributed by atoms with Crippen molar-refractivity contribution in [2.45, 2.75) is 33.2 Å². The zero-order valence-electron chi connectivity index (χ0n) is 13.9. The van der Waals surface area contributed by atoms with E-state index in [-0.39, 0.29) is 0 Å². The number of hydrogen-bond donors (Lipinski definition) is 1. The van der Waals surface area contributed by atoms with E-state index in [2.05, 4.69) is 46.0 Å². The van der Waals surface area contributed by atoms with E-state index in [0.717, 1.165) is 29.4 Å². The van der Waals surface area contributed by atoms with Gasteiger partial charge in [0.15, 0.2) is 5.82 Å². The third kappa shape index (κ3) is 3.23. The second-order valence-corrected chi connectivity index (χ2v) is 5.91. The predicted octanol–water partition coefficient (Wildman–Crippen LogP) is 2.44. The number of nitrogens with zero attached hydrogens (tertiary/aromatic N) is 6. The van der Waals surface area contributed by atoms with E-state index in [0.29, 0.717) is 5.92 Å². The lowest BCUT2D eigenvalue weighted by Crippen LogP contribution is -2.04. The Kier molecular flexibility index (Phi) is 4.10. The summed E-state index contributed by atoms with van der Waals surface area (Å²) in [4.78, 5) is 0. The Hall–Kier alpha value is -2.70. The van der Waals surface area contributed by atoms with Crippen molar-refractivity contribution in [3.63, 3.8) is 0 Å². The lowest BCUT2D eigenvalue weighted by atomic mass is 10.1. The van der Waals surface area contributed by atoms with Gasteiger partial charge in [0.2, 0.25) is 0 Å². The van der Waals surface area contributed by atoms with Crippen LogP contribution in [0.5, 0.6) is 0 Å². The molecule has 7 nitrogen and oxygen atoms in total. The van der Waals surface area contributed by atoms with E-state index < -0.39 is 0 Å². The monoisotopic (exact) mass is 311 g/mol. The predicted molar refractivity (Wildman–Crippen MR) is 88.5 cm³/mol. The van der Waals surface area contributed by atoms with Gasteiger partial charge in [-0.3, -0.25) is 4.68 Å². The van der Waals surface area contributed by atoms with Crippen LogP contribution in [0.25, 0.3) is 5.69 Å². The number of nitrogens with one attached hydrogen (secondary N) is 1. The Labute approximate surface area is 135 Å². The van der Waals surface area contributed by atoms with Crippen molar-refractivity contribution in [2.24, 2.45) is 7.05 Å². The Bertz CT molecular complexity index is 800. The molecule has 3 rings (SSSR count). The molecule has 0 fully saturated rings. The molecule has 7 heteroatoms. The van der Waals surface area contributed by atoms with Gasteiger partial charge in [0.1, 0.15) is 0 Å². The summed E-state index contributed by atoms with van der Waals surface area (Å²) in [5.41, 5.74) is 4.31. The van der Waals surface area contributed by atoms with E-state index in [1.165, 1.54) is 5.56 Å². The van der Waals surface area contributed by atoms with Crippen LogP contribution in [0.1, 0.15) is 36.8 Å². The quantitative estimate of drug-likeness (QED) is 0.783. The Morgan fingerprint density at radius 2 is 2.09 bits per heavy atom. The molecule has 0 aliphatic heterocycles. The first kappa shape index (κ1) is 15.2. The first-order valence-electron chi connectivity index (χ1n) is 7.66. The summed E-state index contributed by atoms with van der Waals surface area (Å²) in [7, 11) is 1.95. The van der Waals surface area contributed by atoms with Gasteiger partial charge in [-0.05, 0) is 41.5 Å². The molecule has 0 bridgehead atoms. The minimum atomic E-state index is 0.406. The van der Waals surface area contributed by atoms with Crippen LogP contribution in [0.15, 0.2) is 30.5 Å². The minimum Gasteiger partial charge on any atom is -0.381 e. The van der Waals surface area contributed by atoms with Crippen molar-refractivity contribution in [1.82, 2.24) is 30.0 Å². The zero-order valence-corrected chi connectivity index (χ0v) is 13.9. The van der Waals surface area contributed by atoms with Gasteiger partial charge in [0.05, 0.1) is 11.4 Å². The summed E-state index contributed by atoms with van der Waals surface area (Å²) in [5, 5.41) is 19.6. The normalized spacial score (nSPS) is 11.2.